The zero-order valence-electron chi connectivity index (χ0n) is 13.9. The van der Waals surface area contributed by atoms with Crippen LogP contribution in [0.25, 0.3) is 0 Å². The number of nitrogens with one attached hydrogen (secondary N) is 1. The van der Waals surface area contributed by atoms with Gasteiger partial charge in [0.25, 0.3) is 0 Å². The third-order valence-electron chi connectivity index (χ3n) is 4.76. The second-order valence-corrected chi connectivity index (χ2v) is 6.59. The number of hydrogen-bond acceptors (Lipinski definition) is 3. The molecule has 1 aromatic rings. The van der Waals surface area contributed by atoms with Crippen molar-refractivity contribution < 1.29 is 14.4 Å². The largest absolute Gasteiger partial charge is 0.349 e. The Kier molecular flexibility index (Phi) is 4.83. The van der Waals surface area contributed by atoms with E-state index in [9.17, 15) is 14.4 Å². The van der Waals surface area contributed by atoms with Crippen LogP contribution in [0.4, 0.5) is 0 Å². The predicted molar refractivity (Wildman–Crippen MR) is 89.1 cm³/mol. The third-order valence-corrected chi connectivity index (χ3v) is 4.76. The Morgan fingerprint density at radius 3 is 2.67 bits per heavy atom. The van der Waals surface area contributed by atoms with Gasteiger partial charge in [-0.2, -0.15) is 0 Å². The number of carbonyl (C=O) groups is 3. The summed E-state index contributed by atoms with van der Waals surface area (Å²) in [6.07, 6.45) is 2.17. The summed E-state index contributed by atoms with van der Waals surface area (Å²) in [6.45, 7) is 1.16. The molecule has 0 aromatic heterocycles. The molecule has 0 spiro atoms. The Hall–Kier alpha value is -2.37. The highest BCUT2D eigenvalue weighted by molar-refractivity contribution is 5.90. The maximum absolute atomic E-state index is 12.6. The molecule has 24 heavy (non-hydrogen) atoms. The molecule has 6 nitrogen and oxygen atoms in total. The first-order valence-corrected chi connectivity index (χ1v) is 8.42. The summed E-state index contributed by atoms with van der Waals surface area (Å²) in [7, 11) is 1.74. The van der Waals surface area contributed by atoms with Crippen LogP contribution in [0.5, 0.6) is 0 Å². The van der Waals surface area contributed by atoms with E-state index in [4.69, 9.17) is 0 Å². The molecule has 128 valence electrons. The van der Waals surface area contributed by atoms with Crippen LogP contribution in [0.3, 0.4) is 0 Å². The standard InChI is InChI=1S/C18H23N3O3/c1-20-12-14(11-16(20)22)19-18(24)15-8-5-9-21(15)17(23)10-13-6-3-2-4-7-13/h2-4,6-7,14-15H,5,8-12H2,1H3,(H,19,24). The second-order valence-electron chi connectivity index (χ2n) is 6.59. The molecular weight excluding hydrogens is 306 g/mol. The average molecular weight is 329 g/mol. The summed E-state index contributed by atoms with van der Waals surface area (Å²) < 4.78 is 0. The van der Waals surface area contributed by atoms with Crippen molar-refractivity contribution in [2.75, 3.05) is 20.1 Å². The number of amides is 3. The van der Waals surface area contributed by atoms with E-state index in [1.165, 1.54) is 0 Å². The number of hydrogen-bond donors (Lipinski definition) is 1. The van der Waals surface area contributed by atoms with Gasteiger partial charge in [-0.05, 0) is 18.4 Å². The summed E-state index contributed by atoms with van der Waals surface area (Å²) in [5, 5.41) is 2.94. The molecule has 2 atom stereocenters. The number of rotatable bonds is 4. The van der Waals surface area contributed by atoms with Gasteiger partial charge < -0.3 is 15.1 Å². The topological polar surface area (TPSA) is 69.7 Å². The van der Waals surface area contributed by atoms with Crippen LogP contribution in [-0.2, 0) is 20.8 Å². The van der Waals surface area contributed by atoms with Gasteiger partial charge in [0.15, 0.2) is 0 Å². The van der Waals surface area contributed by atoms with Gasteiger partial charge in [0, 0.05) is 26.6 Å². The van der Waals surface area contributed by atoms with Crippen molar-refractivity contribution in [3.05, 3.63) is 35.9 Å². The van der Waals surface area contributed by atoms with Crippen LogP contribution in [0, 0.1) is 0 Å². The molecular formula is C18H23N3O3. The monoisotopic (exact) mass is 329 g/mol. The van der Waals surface area contributed by atoms with Crippen molar-refractivity contribution in [2.24, 2.45) is 0 Å². The molecule has 3 amide bonds. The smallest absolute Gasteiger partial charge is 0.243 e. The van der Waals surface area contributed by atoms with Gasteiger partial charge >= 0.3 is 0 Å². The minimum atomic E-state index is -0.415. The van der Waals surface area contributed by atoms with Gasteiger partial charge in [0.05, 0.1) is 12.5 Å². The number of likely N-dealkylation sites (N-methyl/N-ethyl adjacent to an activating group) is 1. The molecule has 3 rings (SSSR count). The number of nitrogens with zero attached hydrogens (tertiary/aromatic N) is 2. The fraction of sp³-hybridized carbons (Fsp3) is 0.500. The summed E-state index contributed by atoms with van der Waals surface area (Å²) in [6, 6.07) is 9.00. The van der Waals surface area contributed by atoms with Crippen LogP contribution in [0.15, 0.2) is 30.3 Å². The van der Waals surface area contributed by atoms with Crippen LogP contribution in [-0.4, -0.2) is 59.7 Å². The highest BCUT2D eigenvalue weighted by atomic mass is 16.2. The third kappa shape index (κ3) is 3.58. The molecule has 2 aliphatic heterocycles. The highest BCUT2D eigenvalue weighted by Gasteiger charge is 2.36. The fourth-order valence-corrected chi connectivity index (χ4v) is 3.47. The first-order chi connectivity index (χ1) is 11.5. The molecule has 1 N–H and O–H groups in total. The van der Waals surface area contributed by atoms with Gasteiger partial charge in [-0.25, -0.2) is 0 Å². The minimum Gasteiger partial charge on any atom is -0.349 e. The molecule has 2 fully saturated rings. The van der Waals surface area contributed by atoms with E-state index in [2.05, 4.69) is 5.32 Å². The van der Waals surface area contributed by atoms with Gasteiger partial charge in [-0.1, -0.05) is 30.3 Å². The molecule has 1 aromatic carbocycles. The Morgan fingerprint density at radius 2 is 2.00 bits per heavy atom. The van der Waals surface area contributed by atoms with Crippen LogP contribution < -0.4 is 5.32 Å². The minimum absolute atomic E-state index is 0.0153. The lowest BCUT2D eigenvalue weighted by Gasteiger charge is -2.25. The number of carbonyl (C=O) groups excluding carboxylic acids is 3. The van der Waals surface area contributed by atoms with E-state index in [-0.39, 0.29) is 23.8 Å². The van der Waals surface area contributed by atoms with E-state index in [0.29, 0.717) is 32.4 Å². The van der Waals surface area contributed by atoms with Crippen molar-refractivity contribution >= 4 is 17.7 Å². The SMILES string of the molecule is CN1CC(NC(=O)C2CCCN2C(=O)Cc2ccccc2)CC1=O. The second kappa shape index (κ2) is 7.03. The Labute approximate surface area is 141 Å². The van der Waals surface area contributed by atoms with Crippen LogP contribution in [0.2, 0.25) is 0 Å². The predicted octanol–water partition coefficient (Wildman–Crippen LogP) is 0.567. The molecule has 2 unspecified atom stereocenters. The first kappa shape index (κ1) is 16.5. The Balaban J connectivity index is 1.59. The highest BCUT2D eigenvalue weighted by Crippen LogP contribution is 2.20. The summed E-state index contributed by atoms with van der Waals surface area (Å²) in [5.74, 6) is -0.107. The molecule has 0 bridgehead atoms. The fourth-order valence-electron chi connectivity index (χ4n) is 3.47. The van der Waals surface area contributed by atoms with Gasteiger partial charge in [-0.15, -0.1) is 0 Å². The number of benzene rings is 1. The Morgan fingerprint density at radius 1 is 1.25 bits per heavy atom. The molecule has 2 heterocycles. The van der Waals surface area contributed by atoms with E-state index in [1.807, 2.05) is 30.3 Å². The molecule has 2 saturated heterocycles. The van der Waals surface area contributed by atoms with Crippen LogP contribution in [0.1, 0.15) is 24.8 Å². The van der Waals surface area contributed by atoms with Gasteiger partial charge in [0.2, 0.25) is 17.7 Å². The van der Waals surface area contributed by atoms with Crippen molar-refractivity contribution in [2.45, 2.75) is 37.8 Å². The molecule has 0 radical (unpaired) electrons. The van der Waals surface area contributed by atoms with Crippen molar-refractivity contribution in [1.82, 2.24) is 15.1 Å². The first-order valence-electron chi connectivity index (χ1n) is 8.42. The van der Waals surface area contributed by atoms with Crippen LogP contribution >= 0.6 is 0 Å². The molecule has 2 aliphatic rings. The zero-order valence-corrected chi connectivity index (χ0v) is 13.9. The quantitative estimate of drug-likeness (QED) is 0.878. The maximum atomic E-state index is 12.6. The van der Waals surface area contributed by atoms with Gasteiger partial charge in [-0.3, -0.25) is 14.4 Å². The van der Waals surface area contributed by atoms with Crippen molar-refractivity contribution in [3.8, 4) is 0 Å². The summed E-state index contributed by atoms with van der Waals surface area (Å²) in [5.41, 5.74) is 0.955. The lowest BCUT2D eigenvalue weighted by atomic mass is 10.1. The molecule has 0 aliphatic carbocycles. The van der Waals surface area contributed by atoms with Crippen molar-refractivity contribution in [1.29, 1.82) is 0 Å². The summed E-state index contributed by atoms with van der Waals surface area (Å²) in [4.78, 5) is 40.0. The van der Waals surface area contributed by atoms with E-state index in [0.717, 1.165) is 12.0 Å². The molecule has 0 saturated carbocycles. The molecule has 6 heteroatoms. The van der Waals surface area contributed by atoms with Crippen molar-refractivity contribution in [3.63, 3.8) is 0 Å². The normalized spacial score (nSPS) is 23.6. The van der Waals surface area contributed by atoms with E-state index >= 15 is 0 Å². The Bertz CT molecular complexity index is 632. The van der Waals surface area contributed by atoms with E-state index in [1.54, 1.807) is 16.8 Å². The maximum Gasteiger partial charge on any atom is 0.243 e. The summed E-state index contributed by atoms with van der Waals surface area (Å²) >= 11 is 0. The lowest BCUT2D eigenvalue weighted by molar-refractivity contribution is -0.138. The average Bonchev–Trinajstić information content (AvgIpc) is 3.16. The number of likely N-dealkylation sites (tertiary alicyclic amines) is 2. The van der Waals surface area contributed by atoms with Gasteiger partial charge in [0.1, 0.15) is 6.04 Å². The van der Waals surface area contributed by atoms with E-state index < -0.39 is 6.04 Å². The zero-order chi connectivity index (χ0) is 17.1. The lowest BCUT2D eigenvalue weighted by Crippen LogP contribution is -2.49.